The van der Waals surface area contributed by atoms with Gasteiger partial charge in [0, 0.05) is 6.54 Å². The van der Waals surface area contributed by atoms with Crippen LogP contribution in [0.15, 0.2) is 18.2 Å². The third-order valence-corrected chi connectivity index (χ3v) is 3.37. The first-order chi connectivity index (χ1) is 8.79. The summed E-state index contributed by atoms with van der Waals surface area (Å²) in [5.74, 6) is 0. The lowest BCUT2D eigenvalue weighted by Crippen LogP contribution is -2.15. The molecule has 3 heteroatoms. The van der Waals surface area contributed by atoms with E-state index in [1.54, 1.807) is 0 Å². The molecule has 0 amide bonds. The van der Waals surface area contributed by atoms with Crippen molar-refractivity contribution < 1.29 is 4.74 Å². The molecule has 2 rings (SSSR count). The Balaban J connectivity index is 1.79. The van der Waals surface area contributed by atoms with Gasteiger partial charge in [-0.25, -0.2) is 0 Å². The van der Waals surface area contributed by atoms with Gasteiger partial charge < -0.3 is 10.1 Å². The molecule has 18 heavy (non-hydrogen) atoms. The fraction of sp³-hybridized carbons (Fsp3) is 0.533. The number of nitrogens with zero attached hydrogens (tertiary/aromatic N) is 1. The van der Waals surface area contributed by atoms with E-state index >= 15 is 0 Å². The average Bonchev–Trinajstić information content (AvgIpc) is 2.88. The molecule has 0 unspecified atom stereocenters. The van der Waals surface area contributed by atoms with Gasteiger partial charge in [-0.05, 0) is 37.5 Å². The van der Waals surface area contributed by atoms with Gasteiger partial charge in [-0.1, -0.05) is 18.9 Å². The molecular weight excluding hydrogens is 224 g/mol. The van der Waals surface area contributed by atoms with Crippen molar-refractivity contribution in [3.8, 4) is 6.07 Å². The van der Waals surface area contributed by atoms with E-state index in [9.17, 15) is 0 Å². The lowest BCUT2D eigenvalue weighted by molar-refractivity contribution is 0.0659. The second-order valence-electron chi connectivity index (χ2n) is 4.86. The van der Waals surface area contributed by atoms with Crippen LogP contribution < -0.4 is 5.32 Å². The molecule has 0 heterocycles. The number of hydrogen-bond donors (Lipinski definition) is 1. The molecule has 96 valence electrons. The fourth-order valence-corrected chi connectivity index (χ4v) is 2.37. The standard InChI is InChI=1S/C15H20N2O/c1-12-6-7-13(11-16)15(10-12)17-8-9-18-14-4-2-3-5-14/h6-7,10,14,17H,2-5,8-9H2,1H3. The van der Waals surface area contributed by atoms with Crippen molar-refractivity contribution in [1.82, 2.24) is 0 Å². The quantitative estimate of drug-likeness (QED) is 0.809. The van der Waals surface area contributed by atoms with Crippen LogP contribution in [-0.2, 0) is 4.74 Å². The molecule has 0 aromatic heterocycles. The number of benzene rings is 1. The largest absolute Gasteiger partial charge is 0.382 e. The first-order valence-electron chi connectivity index (χ1n) is 6.66. The third kappa shape index (κ3) is 3.48. The Hall–Kier alpha value is -1.53. The smallest absolute Gasteiger partial charge is 0.101 e. The van der Waals surface area contributed by atoms with Crippen molar-refractivity contribution in [3.05, 3.63) is 29.3 Å². The molecule has 0 spiro atoms. The Morgan fingerprint density at radius 2 is 2.17 bits per heavy atom. The number of hydrogen-bond acceptors (Lipinski definition) is 3. The summed E-state index contributed by atoms with van der Waals surface area (Å²) in [5.41, 5.74) is 2.77. The minimum atomic E-state index is 0.458. The highest BCUT2D eigenvalue weighted by Crippen LogP contribution is 2.21. The summed E-state index contributed by atoms with van der Waals surface area (Å²) in [5, 5.41) is 12.3. The van der Waals surface area contributed by atoms with Crippen LogP contribution in [0.3, 0.4) is 0 Å². The van der Waals surface area contributed by atoms with Gasteiger partial charge in [-0.15, -0.1) is 0 Å². The summed E-state index contributed by atoms with van der Waals surface area (Å²) in [6.45, 7) is 3.50. The van der Waals surface area contributed by atoms with Crippen LogP contribution in [-0.4, -0.2) is 19.3 Å². The molecule has 3 nitrogen and oxygen atoms in total. The SMILES string of the molecule is Cc1ccc(C#N)c(NCCOC2CCCC2)c1. The molecule has 1 saturated carbocycles. The zero-order valence-electron chi connectivity index (χ0n) is 10.9. The first kappa shape index (κ1) is 12.9. The Kier molecular flexibility index (Phi) is 4.60. The molecule has 1 aromatic rings. The number of rotatable bonds is 5. The molecular formula is C15H20N2O. The van der Waals surface area contributed by atoms with Gasteiger partial charge in [-0.3, -0.25) is 0 Å². The molecule has 0 bridgehead atoms. The maximum absolute atomic E-state index is 9.02. The van der Waals surface area contributed by atoms with Crippen molar-refractivity contribution in [2.75, 3.05) is 18.5 Å². The van der Waals surface area contributed by atoms with Crippen LogP contribution in [0.5, 0.6) is 0 Å². The van der Waals surface area contributed by atoms with Gasteiger partial charge in [0.2, 0.25) is 0 Å². The van der Waals surface area contributed by atoms with Gasteiger partial charge in [0.25, 0.3) is 0 Å². The lowest BCUT2D eigenvalue weighted by atomic mass is 10.1. The van der Waals surface area contributed by atoms with Gasteiger partial charge in [0.15, 0.2) is 0 Å². The van der Waals surface area contributed by atoms with Gasteiger partial charge in [0.05, 0.1) is 24.0 Å². The number of aryl methyl sites for hydroxylation is 1. The predicted octanol–water partition coefficient (Wildman–Crippen LogP) is 3.24. The monoisotopic (exact) mass is 244 g/mol. The number of nitrogens with one attached hydrogen (secondary N) is 1. The highest BCUT2D eigenvalue weighted by Gasteiger charge is 2.14. The van der Waals surface area contributed by atoms with Crippen molar-refractivity contribution >= 4 is 5.69 Å². The van der Waals surface area contributed by atoms with Gasteiger partial charge >= 0.3 is 0 Å². The number of ether oxygens (including phenoxy) is 1. The van der Waals surface area contributed by atoms with Gasteiger partial charge in [-0.2, -0.15) is 5.26 Å². The van der Waals surface area contributed by atoms with Crippen LogP contribution in [0.25, 0.3) is 0 Å². The molecule has 0 atom stereocenters. The summed E-state index contributed by atoms with van der Waals surface area (Å²) in [6.07, 6.45) is 5.46. The molecule has 0 saturated heterocycles. The minimum Gasteiger partial charge on any atom is -0.382 e. The normalized spacial score (nSPS) is 15.6. The number of nitriles is 1. The van der Waals surface area contributed by atoms with Crippen molar-refractivity contribution in [3.63, 3.8) is 0 Å². The topological polar surface area (TPSA) is 45.0 Å². The lowest BCUT2D eigenvalue weighted by Gasteiger charge is -2.13. The minimum absolute atomic E-state index is 0.458. The van der Waals surface area contributed by atoms with Crippen LogP contribution in [0.4, 0.5) is 5.69 Å². The van der Waals surface area contributed by atoms with E-state index in [1.165, 1.54) is 25.7 Å². The van der Waals surface area contributed by atoms with E-state index in [0.29, 0.717) is 18.3 Å². The Morgan fingerprint density at radius 1 is 1.39 bits per heavy atom. The predicted molar refractivity (Wildman–Crippen MR) is 72.6 cm³/mol. The van der Waals surface area contributed by atoms with E-state index in [2.05, 4.69) is 11.4 Å². The van der Waals surface area contributed by atoms with E-state index in [0.717, 1.165) is 17.8 Å². The summed E-state index contributed by atoms with van der Waals surface area (Å²) in [7, 11) is 0. The van der Waals surface area contributed by atoms with Crippen molar-refractivity contribution in [1.29, 1.82) is 5.26 Å². The van der Waals surface area contributed by atoms with E-state index < -0.39 is 0 Å². The molecule has 1 fully saturated rings. The molecule has 0 radical (unpaired) electrons. The van der Waals surface area contributed by atoms with Crippen LogP contribution in [0.2, 0.25) is 0 Å². The van der Waals surface area contributed by atoms with E-state index in [-0.39, 0.29) is 0 Å². The molecule has 1 aromatic carbocycles. The number of anilines is 1. The molecule has 1 N–H and O–H groups in total. The summed E-state index contributed by atoms with van der Waals surface area (Å²) >= 11 is 0. The van der Waals surface area contributed by atoms with E-state index in [4.69, 9.17) is 10.00 Å². The maximum atomic E-state index is 9.02. The summed E-state index contributed by atoms with van der Waals surface area (Å²) in [4.78, 5) is 0. The van der Waals surface area contributed by atoms with Gasteiger partial charge in [0.1, 0.15) is 6.07 Å². The maximum Gasteiger partial charge on any atom is 0.101 e. The zero-order valence-corrected chi connectivity index (χ0v) is 10.9. The van der Waals surface area contributed by atoms with Crippen LogP contribution >= 0.6 is 0 Å². The molecule has 0 aliphatic heterocycles. The van der Waals surface area contributed by atoms with Crippen molar-refractivity contribution in [2.45, 2.75) is 38.7 Å². The zero-order chi connectivity index (χ0) is 12.8. The Labute approximate surface area is 109 Å². The molecule has 1 aliphatic rings. The highest BCUT2D eigenvalue weighted by atomic mass is 16.5. The Bertz CT molecular complexity index is 431. The fourth-order valence-electron chi connectivity index (χ4n) is 2.37. The second-order valence-corrected chi connectivity index (χ2v) is 4.86. The summed E-state index contributed by atoms with van der Waals surface area (Å²) < 4.78 is 5.78. The Morgan fingerprint density at radius 3 is 2.89 bits per heavy atom. The van der Waals surface area contributed by atoms with E-state index in [1.807, 2.05) is 25.1 Å². The average molecular weight is 244 g/mol. The van der Waals surface area contributed by atoms with Crippen molar-refractivity contribution in [2.24, 2.45) is 0 Å². The molecule has 1 aliphatic carbocycles. The second kappa shape index (κ2) is 6.42. The first-order valence-corrected chi connectivity index (χ1v) is 6.66. The highest BCUT2D eigenvalue weighted by molar-refractivity contribution is 5.58. The summed E-state index contributed by atoms with van der Waals surface area (Å²) in [6, 6.07) is 8.02. The van der Waals surface area contributed by atoms with Crippen LogP contribution in [0.1, 0.15) is 36.8 Å². The van der Waals surface area contributed by atoms with Crippen LogP contribution in [0, 0.1) is 18.3 Å². The third-order valence-electron chi connectivity index (χ3n) is 3.37.